The van der Waals surface area contributed by atoms with Crippen LogP contribution in [0.5, 0.6) is 11.5 Å². The van der Waals surface area contributed by atoms with Crippen LogP contribution < -0.4 is 20.1 Å². The summed E-state index contributed by atoms with van der Waals surface area (Å²) in [6.07, 6.45) is -5.30. The highest BCUT2D eigenvalue weighted by molar-refractivity contribution is 5.95. The highest BCUT2D eigenvalue weighted by Crippen LogP contribution is 2.57. The van der Waals surface area contributed by atoms with Gasteiger partial charge in [-0.1, -0.05) is 0 Å². The van der Waals surface area contributed by atoms with Gasteiger partial charge in [0, 0.05) is 22.2 Å². The highest BCUT2D eigenvalue weighted by Gasteiger charge is 2.58. The summed E-state index contributed by atoms with van der Waals surface area (Å²) in [6.45, 7) is 0. The second-order valence-corrected chi connectivity index (χ2v) is 10.6. The first-order valence-corrected chi connectivity index (χ1v) is 12.1. The van der Waals surface area contributed by atoms with Crippen molar-refractivity contribution in [3.05, 3.63) is 59.7 Å². The van der Waals surface area contributed by atoms with Gasteiger partial charge in [0.05, 0.1) is 0 Å². The minimum Gasteiger partial charge on any atom is -0.406 e. The van der Waals surface area contributed by atoms with Crippen LogP contribution >= 0.6 is 0 Å². The third-order valence-electron chi connectivity index (χ3n) is 7.52. The summed E-state index contributed by atoms with van der Waals surface area (Å²) < 4.78 is 82.3. The van der Waals surface area contributed by atoms with E-state index < -0.39 is 47.1 Å². The van der Waals surface area contributed by atoms with E-state index in [0.29, 0.717) is 6.42 Å². The number of hydrogen-bond acceptors (Lipinski definition) is 4. The van der Waals surface area contributed by atoms with Gasteiger partial charge in [0.2, 0.25) is 0 Å². The second-order valence-electron chi connectivity index (χ2n) is 10.6. The third-order valence-corrected chi connectivity index (χ3v) is 7.52. The van der Waals surface area contributed by atoms with E-state index in [1.807, 2.05) is 0 Å². The molecule has 2 amide bonds. The van der Waals surface area contributed by atoms with Gasteiger partial charge in [-0.25, -0.2) is 0 Å². The SMILES string of the molecule is O=C(NC12CC3CC(C1)CC(NC(=O)c1ccc(OC(F)(F)F)cc1)(C3)C2)c1ccc(OC(F)(F)F)cc1. The molecule has 4 aliphatic carbocycles. The largest absolute Gasteiger partial charge is 0.573 e. The average Bonchev–Trinajstić information content (AvgIpc) is 2.76. The Morgan fingerprint density at radius 3 is 1.32 bits per heavy atom. The first-order chi connectivity index (χ1) is 17.7. The topological polar surface area (TPSA) is 76.7 Å². The molecule has 0 unspecified atom stereocenters. The van der Waals surface area contributed by atoms with E-state index in [2.05, 4.69) is 20.1 Å². The fraction of sp³-hybridized carbons (Fsp3) is 0.462. The van der Waals surface area contributed by atoms with Crippen molar-refractivity contribution in [3.8, 4) is 11.5 Å². The van der Waals surface area contributed by atoms with Gasteiger partial charge in [0.15, 0.2) is 0 Å². The lowest BCUT2D eigenvalue weighted by Crippen LogP contribution is -2.69. The molecule has 4 bridgehead atoms. The van der Waals surface area contributed by atoms with Crippen molar-refractivity contribution in [2.45, 2.75) is 62.3 Å². The van der Waals surface area contributed by atoms with E-state index in [-0.39, 0.29) is 23.0 Å². The maximum absolute atomic E-state index is 13.1. The van der Waals surface area contributed by atoms with Crippen LogP contribution in [0.25, 0.3) is 0 Å². The van der Waals surface area contributed by atoms with Crippen LogP contribution in [0, 0.1) is 11.8 Å². The molecule has 0 spiro atoms. The Balaban J connectivity index is 1.28. The number of carbonyl (C=O) groups is 2. The van der Waals surface area contributed by atoms with Gasteiger partial charge in [0.25, 0.3) is 11.8 Å². The van der Waals surface area contributed by atoms with Crippen molar-refractivity contribution in [1.29, 1.82) is 0 Å². The molecule has 0 radical (unpaired) electrons. The Labute approximate surface area is 213 Å². The van der Waals surface area contributed by atoms with Crippen molar-refractivity contribution in [2.24, 2.45) is 11.8 Å². The van der Waals surface area contributed by atoms with E-state index in [4.69, 9.17) is 0 Å². The number of alkyl halides is 6. The van der Waals surface area contributed by atoms with E-state index in [1.165, 1.54) is 24.3 Å². The molecular formula is C26H24F6N2O4. The van der Waals surface area contributed by atoms with E-state index in [0.717, 1.165) is 56.4 Å². The molecule has 204 valence electrons. The summed E-state index contributed by atoms with van der Waals surface area (Å²) in [5.41, 5.74) is -0.788. The predicted molar refractivity (Wildman–Crippen MR) is 121 cm³/mol. The van der Waals surface area contributed by atoms with Crippen LogP contribution in [0.2, 0.25) is 0 Å². The number of halogens is 6. The van der Waals surface area contributed by atoms with Crippen LogP contribution in [0.4, 0.5) is 26.3 Å². The number of benzene rings is 2. The average molecular weight is 542 g/mol. The maximum atomic E-state index is 13.1. The molecule has 0 aliphatic heterocycles. The van der Waals surface area contributed by atoms with Crippen LogP contribution in [0.1, 0.15) is 59.2 Å². The number of carbonyl (C=O) groups excluding carboxylic acids is 2. The lowest BCUT2D eigenvalue weighted by atomic mass is 9.49. The van der Waals surface area contributed by atoms with Crippen molar-refractivity contribution in [2.75, 3.05) is 0 Å². The highest BCUT2D eigenvalue weighted by atomic mass is 19.4. The monoisotopic (exact) mass is 542 g/mol. The lowest BCUT2D eigenvalue weighted by molar-refractivity contribution is -0.275. The molecule has 0 heterocycles. The van der Waals surface area contributed by atoms with Crippen LogP contribution in [0.3, 0.4) is 0 Å². The van der Waals surface area contributed by atoms with Gasteiger partial charge in [-0.3, -0.25) is 9.59 Å². The van der Waals surface area contributed by atoms with Crippen molar-refractivity contribution < 1.29 is 45.4 Å². The number of hydrogen-bond donors (Lipinski definition) is 2. The lowest BCUT2D eigenvalue weighted by Gasteiger charge is -2.62. The van der Waals surface area contributed by atoms with Crippen molar-refractivity contribution >= 4 is 11.8 Å². The zero-order valence-electron chi connectivity index (χ0n) is 19.9. The molecule has 0 atom stereocenters. The van der Waals surface area contributed by atoms with E-state index in [1.54, 1.807) is 0 Å². The molecule has 4 saturated carbocycles. The number of nitrogens with one attached hydrogen (secondary N) is 2. The summed E-state index contributed by atoms with van der Waals surface area (Å²) >= 11 is 0. The summed E-state index contributed by atoms with van der Waals surface area (Å²) in [5.74, 6) is -1.17. The summed E-state index contributed by atoms with van der Waals surface area (Å²) in [5, 5.41) is 6.20. The van der Waals surface area contributed by atoms with Gasteiger partial charge >= 0.3 is 12.7 Å². The predicted octanol–water partition coefficient (Wildman–Crippen LogP) is 5.74. The van der Waals surface area contributed by atoms with Crippen LogP contribution in [-0.4, -0.2) is 35.6 Å². The molecule has 0 aromatic heterocycles. The number of ether oxygens (including phenoxy) is 2. The standard InChI is InChI=1S/C26H24F6N2O4/c27-25(28,29)37-19-5-1-17(2-6-19)21(35)33-23-10-15-9-16(11-23)13-24(12-15,14-23)34-22(36)18-3-7-20(8-4-18)38-26(30,31)32/h1-8,15-16H,9-14H2,(H,33,35)(H,34,36). The van der Waals surface area contributed by atoms with E-state index >= 15 is 0 Å². The summed E-state index contributed by atoms with van der Waals surface area (Å²) in [6, 6.07) is 9.37. The Hall–Kier alpha value is -3.44. The van der Waals surface area contributed by atoms with Gasteiger partial charge < -0.3 is 20.1 Å². The van der Waals surface area contributed by atoms with Crippen LogP contribution in [0.15, 0.2) is 48.5 Å². The third kappa shape index (κ3) is 5.83. The van der Waals surface area contributed by atoms with Crippen molar-refractivity contribution in [3.63, 3.8) is 0 Å². The van der Waals surface area contributed by atoms with Gasteiger partial charge in [-0.2, -0.15) is 0 Å². The molecule has 6 nitrogen and oxygen atoms in total. The minimum absolute atomic E-state index is 0.189. The fourth-order valence-corrected chi connectivity index (χ4v) is 6.80. The van der Waals surface area contributed by atoms with Gasteiger partial charge in [-0.05, 0) is 98.9 Å². The van der Waals surface area contributed by atoms with Gasteiger partial charge in [-0.15, -0.1) is 26.3 Å². The molecule has 6 rings (SSSR count). The smallest absolute Gasteiger partial charge is 0.406 e. The van der Waals surface area contributed by atoms with Crippen molar-refractivity contribution in [1.82, 2.24) is 10.6 Å². The molecule has 0 saturated heterocycles. The Morgan fingerprint density at radius 2 is 1.00 bits per heavy atom. The first-order valence-electron chi connectivity index (χ1n) is 12.1. The summed E-state index contributed by atoms with van der Waals surface area (Å²) in [4.78, 5) is 26.1. The second kappa shape index (κ2) is 9.09. The first kappa shape index (κ1) is 26.2. The quantitative estimate of drug-likeness (QED) is 0.457. The van der Waals surface area contributed by atoms with E-state index in [9.17, 15) is 35.9 Å². The number of rotatable bonds is 6. The fourth-order valence-electron chi connectivity index (χ4n) is 6.80. The zero-order valence-corrected chi connectivity index (χ0v) is 19.9. The Kier molecular flexibility index (Phi) is 6.26. The molecule has 2 aromatic carbocycles. The van der Waals surface area contributed by atoms with Gasteiger partial charge in [0.1, 0.15) is 11.5 Å². The maximum Gasteiger partial charge on any atom is 0.573 e. The van der Waals surface area contributed by atoms with Crippen LogP contribution in [-0.2, 0) is 0 Å². The Morgan fingerprint density at radius 1 is 0.658 bits per heavy atom. The summed E-state index contributed by atoms with van der Waals surface area (Å²) in [7, 11) is 0. The normalized spacial score (nSPS) is 28.1. The molecule has 4 aliphatic rings. The molecule has 12 heteroatoms. The number of amides is 2. The minimum atomic E-state index is -4.83. The molecule has 2 aromatic rings. The zero-order chi connectivity index (χ0) is 27.3. The molecular weight excluding hydrogens is 518 g/mol. The molecule has 38 heavy (non-hydrogen) atoms. The molecule has 4 fully saturated rings. The molecule has 2 N–H and O–H groups in total. The Bertz CT molecular complexity index is 1100.